The molecule has 3 fully saturated rings. The van der Waals surface area contributed by atoms with Crippen LogP contribution in [0.2, 0.25) is 0 Å². The maximum atomic E-state index is 14.0. The highest BCUT2D eigenvalue weighted by Crippen LogP contribution is 2.41. The van der Waals surface area contributed by atoms with Crippen molar-refractivity contribution in [1.82, 2.24) is 10.2 Å². The van der Waals surface area contributed by atoms with Gasteiger partial charge in [0, 0.05) is 13.0 Å². The molecule has 0 spiro atoms. The summed E-state index contributed by atoms with van der Waals surface area (Å²) in [5.41, 5.74) is 0.403. The van der Waals surface area contributed by atoms with E-state index in [0.29, 0.717) is 30.6 Å². The van der Waals surface area contributed by atoms with Gasteiger partial charge in [0.15, 0.2) is 6.10 Å². The molecule has 3 aliphatic rings. The van der Waals surface area contributed by atoms with Crippen LogP contribution in [0.4, 0.5) is 8.78 Å². The zero-order valence-corrected chi connectivity index (χ0v) is 22.6. The number of nitrogens with one attached hydrogen (secondary N) is 1. The second kappa shape index (κ2) is 14.1. The Morgan fingerprint density at radius 3 is 2.36 bits per heavy atom. The van der Waals surface area contributed by atoms with Gasteiger partial charge in [-0.05, 0) is 69.4 Å². The van der Waals surface area contributed by atoms with Gasteiger partial charge in [0.1, 0.15) is 12.1 Å². The number of carboxylic acid groups (broad SMARTS) is 1. The third kappa shape index (κ3) is 8.68. The summed E-state index contributed by atoms with van der Waals surface area (Å²) in [7, 11) is 0. The number of aliphatic hydroxyl groups is 1. The first kappa shape index (κ1) is 30.9. The van der Waals surface area contributed by atoms with E-state index in [2.05, 4.69) is 5.32 Å². The molecule has 2 saturated heterocycles. The molecule has 2 aliphatic heterocycles. The number of aliphatic hydroxyl groups excluding tert-OH is 1. The summed E-state index contributed by atoms with van der Waals surface area (Å²) in [6.45, 7) is 4.96. The van der Waals surface area contributed by atoms with Crippen LogP contribution in [0.25, 0.3) is 0 Å². The molecule has 39 heavy (non-hydrogen) atoms. The minimum Gasteiger partial charge on any atom is -0.479 e. The molecule has 218 valence electrons. The maximum absolute atomic E-state index is 14.0. The van der Waals surface area contributed by atoms with Crippen molar-refractivity contribution in [3.63, 3.8) is 0 Å². The number of esters is 2. The van der Waals surface area contributed by atoms with E-state index in [1.807, 2.05) is 0 Å². The van der Waals surface area contributed by atoms with Crippen molar-refractivity contribution >= 4 is 17.9 Å². The molecule has 0 radical (unpaired) electrons. The molecular weight excluding hydrogens is 514 g/mol. The van der Waals surface area contributed by atoms with Crippen molar-refractivity contribution in [2.75, 3.05) is 32.8 Å². The van der Waals surface area contributed by atoms with Crippen molar-refractivity contribution in [3.05, 3.63) is 35.9 Å². The number of carbonyl (C=O) groups excluding carboxylic acids is 2. The smallest absolute Gasteiger partial charge is 0.337 e. The fourth-order valence-electron chi connectivity index (χ4n) is 5.91. The standard InChI is InChI=1S/C20H32F2N2O4.C8H8O3/c1-3-27-18(25)16-8-15-7-13(5-6-14(15)10-23-16)11-24-12-20(21,22)9-17(24)19(26)28-4-2;9-7(8(10)11)6-4-2-1-3-5-6/h13-17,23H,3-12H2,1-2H3;1-5,7,9H,(H,10,11)/t13-,14-,15+,16-,17-;7-/m01/s1. The van der Waals surface area contributed by atoms with Gasteiger partial charge in [0.05, 0.1) is 19.8 Å². The summed E-state index contributed by atoms with van der Waals surface area (Å²) in [5, 5.41) is 20.7. The number of hydrogen-bond acceptors (Lipinski definition) is 8. The van der Waals surface area contributed by atoms with Crippen LogP contribution in [0.1, 0.15) is 57.6 Å². The average Bonchev–Trinajstić information content (AvgIpc) is 3.22. The van der Waals surface area contributed by atoms with Crippen LogP contribution in [0.15, 0.2) is 30.3 Å². The minimum absolute atomic E-state index is 0.199. The molecule has 0 unspecified atom stereocenters. The fourth-order valence-corrected chi connectivity index (χ4v) is 5.91. The molecule has 0 aromatic heterocycles. The monoisotopic (exact) mass is 554 g/mol. The number of piperidine rings is 1. The normalized spacial score (nSPS) is 28.8. The van der Waals surface area contributed by atoms with Crippen LogP contribution >= 0.6 is 0 Å². The van der Waals surface area contributed by atoms with E-state index < -0.39 is 36.4 Å². The van der Waals surface area contributed by atoms with E-state index in [9.17, 15) is 23.2 Å². The largest absolute Gasteiger partial charge is 0.479 e. The highest BCUT2D eigenvalue weighted by Gasteiger charge is 2.49. The van der Waals surface area contributed by atoms with Crippen LogP contribution < -0.4 is 5.32 Å². The third-order valence-electron chi connectivity index (χ3n) is 7.75. The molecule has 1 aromatic rings. The van der Waals surface area contributed by atoms with Gasteiger partial charge in [-0.1, -0.05) is 30.3 Å². The number of rotatable bonds is 8. The lowest BCUT2D eigenvalue weighted by Gasteiger charge is -2.43. The lowest BCUT2D eigenvalue weighted by Crippen LogP contribution is -2.51. The van der Waals surface area contributed by atoms with Gasteiger partial charge in [-0.25, -0.2) is 13.6 Å². The molecule has 9 nitrogen and oxygen atoms in total. The molecule has 2 heterocycles. The number of likely N-dealkylation sites (tertiary alicyclic amines) is 1. The topological polar surface area (TPSA) is 125 Å². The van der Waals surface area contributed by atoms with Crippen molar-refractivity contribution in [2.45, 2.75) is 70.1 Å². The van der Waals surface area contributed by atoms with Gasteiger partial charge in [0.25, 0.3) is 5.92 Å². The number of nitrogens with zero attached hydrogens (tertiary/aromatic N) is 1. The molecule has 1 saturated carbocycles. The number of hydrogen-bond donors (Lipinski definition) is 3. The number of carbonyl (C=O) groups is 3. The second-order valence-corrected chi connectivity index (χ2v) is 10.6. The second-order valence-electron chi connectivity index (χ2n) is 10.6. The SMILES string of the molecule is CCOC(=O)[C@@H]1C[C@H]2C[C@@H](CN3CC(F)(F)C[C@H]3C(=O)OCC)CC[C@H]2CN1.O=C(O)[C@H](O)c1ccccc1. The maximum Gasteiger partial charge on any atom is 0.337 e. The van der Waals surface area contributed by atoms with Gasteiger partial charge in [-0.2, -0.15) is 0 Å². The number of carboxylic acids is 1. The Labute approximate surface area is 227 Å². The number of halogens is 2. The summed E-state index contributed by atoms with van der Waals surface area (Å²) in [4.78, 5) is 36.1. The molecule has 0 amide bonds. The molecule has 1 aromatic carbocycles. The van der Waals surface area contributed by atoms with Gasteiger partial charge < -0.3 is 25.0 Å². The molecular formula is C28H40F2N2O7. The quantitative estimate of drug-likeness (QED) is 0.416. The first-order valence-corrected chi connectivity index (χ1v) is 13.7. The minimum atomic E-state index is -2.85. The summed E-state index contributed by atoms with van der Waals surface area (Å²) in [5.74, 6) is -3.66. The van der Waals surface area contributed by atoms with Crippen LogP contribution in [0.5, 0.6) is 0 Å². The number of fused-ring (bicyclic) bond motifs is 1. The van der Waals surface area contributed by atoms with Crippen molar-refractivity contribution in [2.24, 2.45) is 17.8 Å². The highest BCUT2D eigenvalue weighted by atomic mass is 19.3. The Balaban J connectivity index is 0.000000320. The Kier molecular flexibility index (Phi) is 11.2. The first-order valence-electron chi connectivity index (χ1n) is 13.7. The lowest BCUT2D eigenvalue weighted by atomic mass is 9.69. The molecule has 11 heteroatoms. The predicted molar refractivity (Wildman–Crippen MR) is 138 cm³/mol. The van der Waals surface area contributed by atoms with E-state index in [4.69, 9.17) is 19.7 Å². The first-order chi connectivity index (χ1) is 18.5. The van der Waals surface area contributed by atoms with Crippen molar-refractivity contribution in [1.29, 1.82) is 0 Å². The van der Waals surface area contributed by atoms with Gasteiger partial charge in [-0.3, -0.25) is 14.5 Å². The number of alkyl halides is 2. The van der Waals surface area contributed by atoms with Crippen LogP contribution in [0, 0.1) is 17.8 Å². The Bertz CT molecular complexity index is 964. The zero-order chi connectivity index (χ0) is 28.6. The number of benzene rings is 1. The van der Waals surface area contributed by atoms with Crippen LogP contribution in [-0.4, -0.2) is 83.9 Å². The molecule has 3 N–H and O–H groups in total. The zero-order valence-electron chi connectivity index (χ0n) is 22.6. The van der Waals surface area contributed by atoms with E-state index >= 15 is 0 Å². The fraction of sp³-hybridized carbons (Fsp3) is 0.679. The molecule has 1 aliphatic carbocycles. The summed E-state index contributed by atoms with van der Waals surface area (Å²) in [6, 6.07) is 7.13. The predicted octanol–water partition coefficient (Wildman–Crippen LogP) is 3.02. The summed E-state index contributed by atoms with van der Waals surface area (Å²) < 4.78 is 38.1. The van der Waals surface area contributed by atoms with Crippen molar-refractivity contribution in [3.8, 4) is 0 Å². The van der Waals surface area contributed by atoms with E-state index in [1.165, 1.54) is 0 Å². The molecule has 4 rings (SSSR count). The van der Waals surface area contributed by atoms with Crippen molar-refractivity contribution < 1.29 is 42.9 Å². The number of aliphatic carboxylic acids is 1. The molecule has 6 atom stereocenters. The van der Waals surface area contributed by atoms with Crippen LogP contribution in [0.3, 0.4) is 0 Å². The van der Waals surface area contributed by atoms with Gasteiger partial charge in [0.2, 0.25) is 0 Å². The Morgan fingerprint density at radius 2 is 1.72 bits per heavy atom. The van der Waals surface area contributed by atoms with Gasteiger partial charge >= 0.3 is 17.9 Å². The Hall–Kier alpha value is -2.63. The van der Waals surface area contributed by atoms with E-state index in [-0.39, 0.29) is 31.1 Å². The summed E-state index contributed by atoms with van der Waals surface area (Å²) >= 11 is 0. The lowest BCUT2D eigenvalue weighted by molar-refractivity contribution is -0.149. The average molecular weight is 555 g/mol. The molecule has 0 bridgehead atoms. The van der Waals surface area contributed by atoms with E-state index in [0.717, 1.165) is 32.2 Å². The highest BCUT2D eigenvalue weighted by molar-refractivity contribution is 5.76. The number of ether oxygens (including phenoxy) is 2. The summed E-state index contributed by atoms with van der Waals surface area (Å²) in [6.07, 6.45) is 1.75. The van der Waals surface area contributed by atoms with Crippen LogP contribution in [-0.2, 0) is 23.9 Å². The third-order valence-corrected chi connectivity index (χ3v) is 7.75. The van der Waals surface area contributed by atoms with E-state index in [1.54, 1.807) is 49.1 Å². The Morgan fingerprint density at radius 1 is 1.05 bits per heavy atom. The van der Waals surface area contributed by atoms with Gasteiger partial charge in [-0.15, -0.1) is 0 Å².